The van der Waals surface area contributed by atoms with Gasteiger partial charge in [0.05, 0.1) is 37.1 Å². The van der Waals surface area contributed by atoms with Crippen LogP contribution in [0.1, 0.15) is 52.0 Å². The lowest BCUT2D eigenvalue weighted by atomic mass is 9.93. The summed E-state index contributed by atoms with van der Waals surface area (Å²) in [5, 5.41) is 15.3. The first-order valence-corrected chi connectivity index (χ1v) is 17.6. The van der Waals surface area contributed by atoms with Crippen molar-refractivity contribution in [2.24, 2.45) is 5.11 Å². The van der Waals surface area contributed by atoms with E-state index in [9.17, 15) is 19.5 Å². The second kappa shape index (κ2) is 16.7. The number of amides is 2. The average Bonchev–Trinajstić information content (AvgIpc) is 3.43. The van der Waals surface area contributed by atoms with Gasteiger partial charge in [-0.05, 0) is 30.2 Å². The fourth-order valence-corrected chi connectivity index (χ4v) is 7.19. The van der Waals surface area contributed by atoms with Crippen LogP contribution in [0.4, 0.5) is 0 Å². The molecule has 0 bridgehead atoms. The zero-order chi connectivity index (χ0) is 37.8. The van der Waals surface area contributed by atoms with Crippen molar-refractivity contribution >= 4 is 17.8 Å². The molecule has 3 saturated heterocycles. The first-order chi connectivity index (χ1) is 26.2. The van der Waals surface area contributed by atoms with Gasteiger partial charge in [0.15, 0.2) is 25.0 Å². The molecular weight excluding hydrogens is 704 g/mol. The topological polar surface area (TPSA) is 197 Å². The van der Waals surface area contributed by atoms with Gasteiger partial charge >= 0.3 is 5.97 Å². The Labute approximate surface area is 310 Å². The van der Waals surface area contributed by atoms with Gasteiger partial charge in [-0.3, -0.25) is 19.3 Å². The minimum absolute atomic E-state index is 0.00213. The largest absolute Gasteiger partial charge is 0.457 e. The van der Waals surface area contributed by atoms with Crippen LogP contribution in [-0.2, 0) is 49.3 Å². The average molecular weight is 745 g/mol. The predicted octanol–water partition coefficient (Wildman–Crippen LogP) is 3.83. The number of ether oxygens (including phenoxy) is 8. The molecule has 54 heavy (non-hydrogen) atoms. The summed E-state index contributed by atoms with van der Waals surface area (Å²) in [6.45, 7) is 2.67. The molecular formula is C38H40N4O12. The third-order valence-electron chi connectivity index (χ3n) is 9.67. The number of aliphatic hydroxyl groups excluding tert-OH is 1. The van der Waals surface area contributed by atoms with Gasteiger partial charge in [0, 0.05) is 23.9 Å². The number of hydrogen-bond donors (Lipinski definition) is 1. The van der Waals surface area contributed by atoms with Crippen LogP contribution in [0.5, 0.6) is 0 Å². The van der Waals surface area contributed by atoms with Gasteiger partial charge in [-0.25, -0.2) is 0 Å². The Hall–Kier alpha value is -4.74. The number of aliphatic hydroxyl groups is 1. The van der Waals surface area contributed by atoms with Crippen LogP contribution in [0, 0.1) is 0 Å². The van der Waals surface area contributed by atoms with Crippen molar-refractivity contribution in [1.29, 1.82) is 0 Å². The number of azide groups is 1. The number of esters is 1. The molecule has 4 heterocycles. The van der Waals surface area contributed by atoms with Crippen LogP contribution in [0.2, 0.25) is 0 Å². The van der Waals surface area contributed by atoms with E-state index in [1.54, 1.807) is 31.2 Å². The van der Waals surface area contributed by atoms with Gasteiger partial charge in [-0.2, -0.15) is 0 Å². The van der Waals surface area contributed by atoms with Gasteiger partial charge in [0.25, 0.3) is 11.8 Å². The standard InChI is InChI=1S/C38H40N4O12/c1-21-30(51-22(2)43)29(44)33(48-19-23-11-5-3-6-12-23)38(50-21)54-32-28(42-34(45)25-15-9-10-16-26(25)35(42)46)37(47-18-17-40-41-39)52-27-20-49-36(53-31(27)32)24-13-7-4-8-14-24/h3-16,21,27-33,36-38,44H,17-20H2,1-2H3/t21?,27?,28?,29?,30-,31+,32?,33?,36?,37-,38+/m1/s1. The van der Waals surface area contributed by atoms with E-state index in [1.165, 1.54) is 6.92 Å². The molecule has 3 aromatic carbocycles. The normalized spacial score (nSPS) is 32.0. The molecule has 1 N–H and O–H groups in total. The Balaban J connectivity index is 1.29. The van der Waals surface area contributed by atoms with E-state index in [0.29, 0.717) is 5.56 Å². The molecule has 4 aliphatic rings. The number of fused-ring (bicyclic) bond motifs is 2. The Morgan fingerprint density at radius 3 is 2.22 bits per heavy atom. The summed E-state index contributed by atoms with van der Waals surface area (Å²) < 4.78 is 50.1. The van der Waals surface area contributed by atoms with E-state index < -0.39 is 85.4 Å². The number of imide groups is 1. The van der Waals surface area contributed by atoms with Crippen LogP contribution in [0.3, 0.4) is 0 Å². The van der Waals surface area contributed by atoms with Crippen LogP contribution in [0.25, 0.3) is 10.4 Å². The molecule has 16 heteroatoms. The number of carbonyl (C=O) groups excluding carboxylic acids is 3. The van der Waals surface area contributed by atoms with Crippen molar-refractivity contribution in [1.82, 2.24) is 4.90 Å². The van der Waals surface area contributed by atoms with Crippen LogP contribution in [-0.4, -0.2) is 109 Å². The smallest absolute Gasteiger partial charge is 0.303 e. The van der Waals surface area contributed by atoms with E-state index in [0.717, 1.165) is 10.5 Å². The fraction of sp³-hybridized carbons (Fsp3) is 0.447. The Morgan fingerprint density at radius 2 is 1.56 bits per heavy atom. The second-order valence-corrected chi connectivity index (χ2v) is 13.2. The molecule has 7 unspecified atom stereocenters. The molecule has 0 radical (unpaired) electrons. The van der Waals surface area contributed by atoms with Crippen molar-refractivity contribution < 1.29 is 57.4 Å². The summed E-state index contributed by atoms with van der Waals surface area (Å²) in [7, 11) is 0. The quantitative estimate of drug-likeness (QED) is 0.0704. The maximum absolute atomic E-state index is 14.1. The first kappa shape index (κ1) is 37.6. The molecule has 0 aliphatic carbocycles. The lowest BCUT2D eigenvalue weighted by Crippen LogP contribution is -2.70. The molecule has 4 aliphatic heterocycles. The molecule has 16 nitrogen and oxygen atoms in total. The third-order valence-corrected chi connectivity index (χ3v) is 9.67. The van der Waals surface area contributed by atoms with Crippen molar-refractivity contribution in [3.8, 4) is 0 Å². The molecule has 0 saturated carbocycles. The Bertz CT molecular complexity index is 1810. The summed E-state index contributed by atoms with van der Waals surface area (Å²) in [6.07, 6.45) is -11.4. The predicted molar refractivity (Wildman–Crippen MR) is 185 cm³/mol. The molecule has 0 aromatic heterocycles. The highest BCUT2D eigenvalue weighted by Crippen LogP contribution is 2.41. The van der Waals surface area contributed by atoms with E-state index in [1.807, 2.05) is 60.7 Å². The van der Waals surface area contributed by atoms with Gasteiger partial charge < -0.3 is 43.0 Å². The second-order valence-electron chi connectivity index (χ2n) is 13.2. The maximum atomic E-state index is 14.1. The van der Waals surface area contributed by atoms with Gasteiger partial charge in [0.1, 0.15) is 36.6 Å². The molecule has 11 atom stereocenters. The zero-order valence-electron chi connectivity index (χ0n) is 29.5. The fourth-order valence-electron chi connectivity index (χ4n) is 7.19. The number of nitrogens with zero attached hydrogens (tertiary/aromatic N) is 4. The van der Waals surface area contributed by atoms with Crippen molar-refractivity contribution in [3.05, 3.63) is 118 Å². The van der Waals surface area contributed by atoms with Crippen molar-refractivity contribution in [2.75, 3.05) is 19.8 Å². The highest BCUT2D eigenvalue weighted by Gasteiger charge is 2.59. The van der Waals surface area contributed by atoms with Crippen LogP contribution < -0.4 is 0 Å². The molecule has 7 rings (SSSR count). The molecule has 284 valence electrons. The highest BCUT2D eigenvalue weighted by atomic mass is 16.8. The van der Waals surface area contributed by atoms with E-state index in [4.69, 9.17) is 43.4 Å². The third kappa shape index (κ3) is 7.75. The van der Waals surface area contributed by atoms with E-state index in [2.05, 4.69) is 10.0 Å². The Morgan fingerprint density at radius 1 is 0.889 bits per heavy atom. The molecule has 2 amide bonds. The van der Waals surface area contributed by atoms with Crippen LogP contribution in [0.15, 0.2) is 90.0 Å². The summed E-state index contributed by atoms with van der Waals surface area (Å²) in [5.41, 5.74) is 10.7. The van der Waals surface area contributed by atoms with Gasteiger partial charge in [-0.15, -0.1) is 0 Å². The Kier molecular flexibility index (Phi) is 11.6. The number of carbonyl (C=O) groups is 3. The van der Waals surface area contributed by atoms with Gasteiger partial charge in [-0.1, -0.05) is 77.9 Å². The van der Waals surface area contributed by atoms with Crippen LogP contribution >= 0.6 is 0 Å². The minimum atomic E-state index is -1.43. The number of rotatable bonds is 12. The van der Waals surface area contributed by atoms with E-state index in [-0.39, 0.29) is 37.5 Å². The highest BCUT2D eigenvalue weighted by molar-refractivity contribution is 6.21. The number of benzene rings is 3. The summed E-state index contributed by atoms with van der Waals surface area (Å²) in [5.74, 6) is -1.86. The minimum Gasteiger partial charge on any atom is -0.457 e. The first-order valence-electron chi connectivity index (χ1n) is 17.6. The lowest BCUT2D eigenvalue weighted by molar-refractivity contribution is -0.383. The lowest BCUT2D eigenvalue weighted by Gasteiger charge is -2.52. The summed E-state index contributed by atoms with van der Waals surface area (Å²) in [6, 6.07) is 23.5. The molecule has 3 fully saturated rings. The molecule has 0 spiro atoms. The monoisotopic (exact) mass is 744 g/mol. The maximum Gasteiger partial charge on any atom is 0.303 e. The summed E-state index contributed by atoms with van der Waals surface area (Å²) >= 11 is 0. The van der Waals surface area contributed by atoms with E-state index >= 15 is 0 Å². The molecule has 3 aromatic rings. The van der Waals surface area contributed by atoms with Crippen molar-refractivity contribution in [3.63, 3.8) is 0 Å². The van der Waals surface area contributed by atoms with Crippen molar-refractivity contribution in [2.45, 2.75) is 88.1 Å². The van der Waals surface area contributed by atoms with Gasteiger partial charge in [0.2, 0.25) is 0 Å². The summed E-state index contributed by atoms with van der Waals surface area (Å²) in [4.78, 5) is 44.2. The zero-order valence-corrected chi connectivity index (χ0v) is 29.5. The SMILES string of the molecule is CC(=O)O[C@@H]1C(C)O[C@@H](OC2C(N3C(=O)c4ccccc4C3=O)[C@H](OCCN=[N+]=[N-])OC3COC(c4ccccc4)O[C@@H]32)C(OCc2ccccc2)C1O. The number of hydrogen-bond acceptors (Lipinski definition) is 13.